The molecule has 1 aromatic heterocycles. The van der Waals surface area contributed by atoms with Gasteiger partial charge in [0.15, 0.2) is 5.13 Å². The number of thiazole rings is 1. The van der Waals surface area contributed by atoms with E-state index in [1.54, 1.807) is 30.3 Å². The van der Waals surface area contributed by atoms with Crippen LogP contribution >= 0.6 is 11.3 Å². The number of carbonyl (C=O) groups is 1. The maximum Gasteiger partial charge on any atom is 0.261 e. The number of hydrogen-bond donors (Lipinski definition) is 1. The van der Waals surface area contributed by atoms with Crippen LogP contribution in [0.1, 0.15) is 39.3 Å². The molecule has 0 aliphatic carbocycles. The van der Waals surface area contributed by atoms with Crippen LogP contribution in [0.3, 0.4) is 0 Å². The average molecular weight is 427 g/mol. The minimum Gasteiger partial charge on any atom is -0.490 e. The molecule has 2 heterocycles. The molecule has 30 heavy (non-hydrogen) atoms. The second-order valence-electron chi connectivity index (χ2n) is 7.19. The van der Waals surface area contributed by atoms with Crippen molar-refractivity contribution in [2.75, 3.05) is 18.5 Å². The van der Waals surface area contributed by atoms with Gasteiger partial charge in [0, 0.05) is 17.9 Å². The number of nitrogens with one attached hydrogen (secondary N) is 1. The van der Waals surface area contributed by atoms with E-state index >= 15 is 0 Å². The molecule has 2 aromatic carbocycles. The third-order valence-electron chi connectivity index (χ3n) is 5.00. The van der Waals surface area contributed by atoms with Gasteiger partial charge in [-0.25, -0.2) is 9.37 Å². The molecule has 0 radical (unpaired) electrons. The van der Waals surface area contributed by atoms with Gasteiger partial charge in [-0.1, -0.05) is 30.3 Å². The Kier molecular flexibility index (Phi) is 6.40. The van der Waals surface area contributed by atoms with Crippen molar-refractivity contribution in [2.45, 2.75) is 32.3 Å². The van der Waals surface area contributed by atoms with Crippen molar-refractivity contribution in [1.82, 2.24) is 4.98 Å². The van der Waals surface area contributed by atoms with E-state index in [1.165, 1.54) is 17.4 Å². The van der Waals surface area contributed by atoms with Crippen molar-refractivity contribution in [2.24, 2.45) is 0 Å². The average Bonchev–Trinajstić information content (AvgIpc) is 3.38. The van der Waals surface area contributed by atoms with E-state index in [0.717, 1.165) is 30.0 Å². The molecule has 5 nitrogen and oxygen atoms in total. The van der Waals surface area contributed by atoms with E-state index < -0.39 is 0 Å². The monoisotopic (exact) mass is 426 g/mol. The zero-order valence-electron chi connectivity index (χ0n) is 16.7. The first kappa shape index (κ1) is 20.5. The number of aryl methyl sites for hydroxylation is 1. The van der Waals surface area contributed by atoms with Gasteiger partial charge in [-0.2, -0.15) is 0 Å². The number of ether oxygens (including phenoxy) is 2. The summed E-state index contributed by atoms with van der Waals surface area (Å²) in [6.07, 6.45) is 2.52. The molecule has 1 atom stereocenters. The summed E-state index contributed by atoms with van der Waals surface area (Å²) in [6.45, 7) is 3.04. The fourth-order valence-electron chi connectivity index (χ4n) is 3.36. The molecule has 1 aliphatic heterocycles. The summed E-state index contributed by atoms with van der Waals surface area (Å²) < 4.78 is 25.4. The van der Waals surface area contributed by atoms with E-state index in [0.29, 0.717) is 35.0 Å². The Morgan fingerprint density at radius 3 is 2.87 bits per heavy atom. The lowest BCUT2D eigenvalue weighted by atomic mass is 10.1. The van der Waals surface area contributed by atoms with Gasteiger partial charge in [-0.05, 0) is 43.5 Å². The highest BCUT2D eigenvalue weighted by atomic mass is 32.1. The fraction of sp³-hybridized carbons (Fsp3) is 0.304. The summed E-state index contributed by atoms with van der Waals surface area (Å²) in [7, 11) is 0. The van der Waals surface area contributed by atoms with Gasteiger partial charge in [0.2, 0.25) is 0 Å². The third kappa shape index (κ3) is 4.86. The number of halogens is 1. The SMILES string of the molecule is Cc1nc(NC(=O)c2ccccc2OCC2CCCO2)sc1Cc1ccccc1F. The number of amides is 1. The second-order valence-corrected chi connectivity index (χ2v) is 8.28. The summed E-state index contributed by atoms with van der Waals surface area (Å²) in [6, 6.07) is 13.8. The molecule has 1 fully saturated rings. The Hall–Kier alpha value is -2.77. The van der Waals surface area contributed by atoms with E-state index in [9.17, 15) is 9.18 Å². The number of aromatic nitrogens is 1. The topological polar surface area (TPSA) is 60.5 Å². The molecule has 0 bridgehead atoms. The van der Waals surface area contributed by atoms with Crippen molar-refractivity contribution in [3.8, 4) is 5.75 Å². The number of nitrogens with zero attached hydrogens (tertiary/aromatic N) is 1. The first-order valence-electron chi connectivity index (χ1n) is 9.94. The summed E-state index contributed by atoms with van der Waals surface area (Å²) in [5, 5.41) is 3.34. The van der Waals surface area contributed by atoms with Crippen molar-refractivity contribution in [3.63, 3.8) is 0 Å². The lowest BCUT2D eigenvalue weighted by Crippen LogP contribution is -2.19. The minimum absolute atomic E-state index is 0.0728. The molecule has 1 amide bonds. The van der Waals surface area contributed by atoms with Gasteiger partial charge in [0.05, 0.1) is 17.4 Å². The molecule has 0 saturated carbocycles. The molecule has 7 heteroatoms. The third-order valence-corrected chi connectivity index (χ3v) is 6.08. The molecule has 1 N–H and O–H groups in total. The van der Waals surface area contributed by atoms with Gasteiger partial charge >= 0.3 is 0 Å². The van der Waals surface area contributed by atoms with Gasteiger partial charge in [-0.3, -0.25) is 10.1 Å². The van der Waals surface area contributed by atoms with Crippen LogP contribution in [0.25, 0.3) is 0 Å². The molecule has 156 valence electrons. The van der Waals surface area contributed by atoms with E-state index in [4.69, 9.17) is 9.47 Å². The zero-order chi connectivity index (χ0) is 20.9. The van der Waals surface area contributed by atoms with E-state index in [1.807, 2.05) is 19.1 Å². The Balaban J connectivity index is 1.45. The first-order chi connectivity index (χ1) is 14.6. The van der Waals surface area contributed by atoms with Gasteiger partial charge in [0.1, 0.15) is 18.2 Å². The first-order valence-corrected chi connectivity index (χ1v) is 10.8. The van der Waals surface area contributed by atoms with Crippen LogP contribution in [0.4, 0.5) is 9.52 Å². The van der Waals surface area contributed by atoms with Gasteiger partial charge in [-0.15, -0.1) is 11.3 Å². The maximum atomic E-state index is 14.0. The maximum absolute atomic E-state index is 14.0. The molecule has 4 rings (SSSR count). The van der Waals surface area contributed by atoms with Crippen LogP contribution in [0.5, 0.6) is 5.75 Å². The molecule has 1 saturated heterocycles. The lowest BCUT2D eigenvalue weighted by Gasteiger charge is -2.14. The molecule has 1 unspecified atom stereocenters. The van der Waals surface area contributed by atoms with Gasteiger partial charge < -0.3 is 9.47 Å². The van der Waals surface area contributed by atoms with Crippen LogP contribution in [-0.2, 0) is 11.2 Å². The lowest BCUT2D eigenvalue weighted by molar-refractivity contribution is 0.0673. The highest BCUT2D eigenvalue weighted by Gasteiger charge is 2.19. The highest BCUT2D eigenvalue weighted by molar-refractivity contribution is 7.15. The number of benzene rings is 2. The Labute approximate surface area is 178 Å². The molecular weight excluding hydrogens is 403 g/mol. The van der Waals surface area contributed by atoms with E-state index in [-0.39, 0.29) is 17.8 Å². The smallest absolute Gasteiger partial charge is 0.261 e. The Morgan fingerprint density at radius 1 is 1.27 bits per heavy atom. The number of carbonyl (C=O) groups excluding carboxylic acids is 1. The fourth-order valence-corrected chi connectivity index (χ4v) is 4.34. The van der Waals surface area contributed by atoms with Crippen LogP contribution in [0.2, 0.25) is 0 Å². The van der Waals surface area contributed by atoms with Crippen molar-refractivity contribution >= 4 is 22.4 Å². The summed E-state index contributed by atoms with van der Waals surface area (Å²) in [4.78, 5) is 18.2. The van der Waals surface area contributed by atoms with Crippen molar-refractivity contribution < 1.29 is 18.7 Å². The van der Waals surface area contributed by atoms with E-state index in [2.05, 4.69) is 10.3 Å². The van der Waals surface area contributed by atoms with Crippen LogP contribution in [0, 0.1) is 12.7 Å². The van der Waals surface area contributed by atoms with Crippen LogP contribution < -0.4 is 10.1 Å². The number of rotatable bonds is 7. The van der Waals surface area contributed by atoms with Crippen LogP contribution in [-0.4, -0.2) is 30.2 Å². The summed E-state index contributed by atoms with van der Waals surface area (Å²) in [5.41, 5.74) is 1.83. The van der Waals surface area contributed by atoms with Crippen molar-refractivity contribution in [3.05, 3.63) is 76.0 Å². The zero-order valence-corrected chi connectivity index (χ0v) is 17.5. The second kappa shape index (κ2) is 9.36. The summed E-state index contributed by atoms with van der Waals surface area (Å²) in [5.74, 6) is -0.0114. The number of para-hydroxylation sites is 1. The van der Waals surface area contributed by atoms with Crippen LogP contribution in [0.15, 0.2) is 48.5 Å². The quantitative estimate of drug-likeness (QED) is 0.578. The predicted octanol–water partition coefficient (Wildman–Crippen LogP) is 4.99. The van der Waals surface area contributed by atoms with Gasteiger partial charge in [0.25, 0.3) is 5.91 Å². The molecular formula is C23H23FN2O3S. The normalized spacial score (nSPS) is 15.9. The Bertz CT molecular complexity index is 1030. The van der Waals surface area contributed by atoms with Crippen molar-refractivity contribution in [1.29, 1.82) is 0 Å². The molecule has 1 aliphatic rings. The predicted molar refractivity (Wildman–Crippen MR) is 115 cm³/mol. The standard InChI is InChI=1S/C23H23FN2O3S/c1-15-21(13-16-7-2-4-10-19(16)24)30-23(25-15)26-22(27)18-9-3-5-11-20(18)29-14-17-8-6-12-28-17/h2-5,7,9-11,17H,6,8,12-14H2,1H3,(H,25,26,27). The Morgan fingerprint density at radius 2 is 2.07 bits per heavy atom. The minimum atomic E-state index is -0.288. The largest absolute Gasteiger partial charge is 0.490 e. The number of anilines is 1. The highest BCUT2D eigenvalue weighted by Crippen LogP contribution is 2.28. The number of hydrogen-bond acceptors (Lipinski definition) is 5. The molecule has 3 aromatic rings. The molecule has 0 spiro atoms. The summed E-state index contributed by atoms with van der Waals surface area (Å²) >= 11 is 1.36.